The predicted molar refractivity (Wildman–Crippen MR) is 53.5 cm³/mol. The number of rotatable bonds is 5. The molecule has 0 aromatic carbocycles. The van der Waals surface area contributed by atoms with Gasteiger partial charge in [0.2, 0.25) is 5.88 Å². The highest BCUT2D eigenvalue weighted by molar-refractivity contribution is 5.46. The van der Waals surface area contributed by atoms with Gasteiger partial charge in [0, 0.05) is 20.1 Å². The van der Waals surface area contributed by atoms with E-state index in [1.807, 2.05) is 6.92 Å². The standard InChI is InChI=1S/C9H15N3O2/c1-7-8(10-2)11-6-12-9(7)14-5-3-4-13/h6,13H,3-5H2,1-2H3,(H,10,11,12). The van der Waals surface area contributed by atoms with Crippen molar-refractivity contribution in [2.75, 3.05) is 25.6 Å². The SMILES string of the molecule is CNc1ncnc(OCCCO)c1C. The van der Waals surface area contributed by atoms with Crippen molar-refractivity contribution in [1.82, 2.24) is 9.97 Å². The zero-order chi connectivity index (χ0) is 10.4. The lowest BCUT2D eigenvalue weighted by atomic mass is 10.3. The van der Waals surface area contributed by atoms with Crippen molar-refractivity contribution < 1.29 is 9.84 Å². The minimum absolute atomic E-state index is 0.128. The monoisotopic (exact) mass is 197 g/mol. The van der Waals surface area contributed by atoms with Crippen LogP contribution in [-0.2, 0) is 0 Å². The number of aliphatic hydroxyl groups excluding tert-OH is 1. The molecule has 1 heterocycles. The number of anilines is 1. The number of aliphatic hydroxyl groups is 1. The van der Waals surface area contributed by atoms with Crippen molar-refractivity contribution in [3.63, 3.8) is 0 Å². The van der Waals surface area contributed by atoms with E-state index in [1.165, 1.54) is 6.33 Å². The van der Waals surface area contributed by atoms with Crippen LogP contribution < -0.4 is 10.1 Å². The Labute approximate surface area is 83.2 Å². The first-order valence-corrected chi connectivity index (χ1v) is 4.52. The first-order chi connectivity index (χ1) is 6.79. The Kier molecular flexibility index (Phi) is 4.12. The van der Waals surface area contributed by atoms with Crippen LogP contribution in [0.15, 0.2) is 6.33 Å². The topological polar surface area (TPSA) is 67.3 Å². The average molecular weight is 197 g/mol. The molecule has 1 aromatic heterocycles. The summed E-state index contributed by atoms with van der Waals surface area (Å²) in [5.41, 5.74) is 0.882. The molecule has 0 unspecified atom stereocenters. The Morgan fingerprint density at radius 3 is 2.93 bits per heavy atom. The van der Waals surface area contributed by atoms with Crippen LogP contribution in [0.4, 0.5) is 5.82 Å². The van der Waals surface area contributed by atoms with Crippen molar-refractivity contribution >= 4 is 5.82 Å². The van der Waals surface area contributed by atoms with E-state index in [4.69, 9.17) is 9.84 Å². The lowest BCUT2D eigenvalue weighted by Crippen LogP contribution is -2.05. The third kappa shape index (κ3) is 2.56. The third-order valence-electron chi connectivity index (χ3n) is 1.82. The van der Waals surface area contributed by atoms with E-state index in [0.717, 1.165) is 11.4 Å². The van der Waals surface area contributed by atoms with E-state index in [0.29, 0.717) is 18.9 Å². The second-order valence-corrected chi connectivity index (χ2v) is 2.83. The second-order valence-electron chi connectivity index (χ2n) is 2.83. The van der Waals surface area contributed by atoms with Gasteiger partial charge in [0.05, 0.1) is 12.2 Å². The van der Waals surface area contributed by atoms with Gasteiger partial charge in [-0.15, -0.1) is 0 Å². The maximum absolute atomic E-state index is 8.59. The molecule has 0 saturated carbocycles. The van der Waals surface area contributed by atoms with Gasteiger partial charge in [-0.2, -0.15) is 0 Å². The molecule has 0 aliphatic rings. The molecule has 0 fully saturated rings. The summed E-state index contributed by atoms with van der Waals surface area (Å²) in [6.45, 7) is 2.49. The summed E-state index contributed by atoms with van der Waals surface area (Å²) in [6, 6.07) is 0. The summed E-state index contributed by atoms with van der Waals surface area (Å²) in [6.07, 6.45) is 2.06. The number of ether oxygens (including phenoxy) is 1. The first kappa shape index (κ1) is 10.7. The minimum Gasteiger partial charge on any atom is -0.477 e. The van der Waals surface area contributed by atoms with E-state index >= 15 is 0 Å². The molecule has 0 bridgehead atoms. The number of aromatic nitrogens is 2. The van der Waals surface area contributed by atoms with Gasteiger partial charge in [-0.1, -0.05) is 0 Å². The zero-order valence-corrected chi connectivity index (χ0v) is 8.45. The highest BCUT2D eigenvalue weighted by atomic mass is 16.5. The molecule has 0 atom stereocenters. The zero-order valence-electron chi connectivity index (χ0n) is 8.45. The number of nitrogens with one attached hydrogen (secondary N) is 1. The molecule has 1 rings (SSSR count). The summed E-state index contributed by atoms with van der Waals surface area (Å²) in [4.78, 5) is 8.04. The van der Waals surface area contributed by atoms with Crippen molar-refractivity contribution in [2.45, 2.75) is 13.3 Å². The predicted octanol–water partition coefficient (Wildman–Crippen LogP) is 0.588. The molecule has 0 amide bonds. The van der Waals surface area contributed by atoms with Gasteiger partial charge in [0.15, 0.2) is 0 Å². The van der Waals surface area contributed by atoms with Crippen LogP contribution in [0.25, 0.3) is 0 Å². The van der Waals surface area contributed by atoms with Gasteiger partial charge < -0.3 is 15.2 Å². The van der Waals surface area contributed by atoms with Crippen LogP contribution in [0.5, 0.6) is 5.88 Å². The summed E-state index contributed by atoms with van der Waals surface area (Å²) in [7, 11) is 1.80. The lowest BCUT2D eigenvalue weighted by molar-refractivity contribution is 0.228. The Hall–Kier alpha value is -1.36. The van der Waals surface area contributed by atoms with Gasteiger partial charge in [-0.3, -0.25) is 0 Å². The number of hydrogen-bond acceptors (Lipinski definition) is 5. The van der Waals surface area contributed by atoms with Crippen LogP contribution in [0.3, 0.4) is 0 Å². The molecule has 78 valence electrons. The Bertz CT molecular complexity index is 291. The van der Waals surface area contributed by atoms with Gasteiger partial charge in [-0.25, -0.2) is 9.97 Å². The summed E-state index contributed by atoms with van der Waals surface area (Å²) >= 11 is 0. The summed E-state index contributed by atoms with van der Waals surface area (Å²) in [5, 5.41) is 11.5. The van der Waals surface area contributed by atoms with Crippen molar-refractivity contribution in [1.29, 1.82) is 0 Å². The van der Waals surface area contributed by atoms with Gasteiger partial charge >= 0.3 is 0 Å². The van der Waals surface area contributed by atoms with E-state index in [-0.39, 0.29) is 6.61 Å². The van der Waals surface area contributed by atoms with Crippen LogP contribution in [-0.4, -0.2) is 35.3 Å². The third-order valence-corrected chi connectivity index (χ3v) is 1.82. The molecule has 2 N–H and O–H groups in total. The van der Waals surface area contributed by atoms with Crippen LogP contribution in [0, 0.1) is 6.92 Å². The first-order valence-electron chi connectivity index (χ1n) is 4.52. The second kappa shape index (κ2) is 5.39. The van der Waals surface area contributed by atoms with Crippen LogP contribution >= 0.6 is 0 Å². The largest absolute Gasteiger partial charge is 0.477 e. The molecule has 0 saturated heterocycles. The number of nitrogens with zero attached hydrogens (tertiary/aromatic N) is 2. The summed E-state index contributed by atoms with van der Waals surface area (Å²) in [5.74, 6) is 1.33. The smallest absolute Gasteiger partial charge is 0.221 e. The van der Waals surface area contributed by atoms with E-state index < -0.39 is 0 Å². The lowest BCUT2D eigenvalue weighted by Gasteiger charge is -2.09. The summed E-state index contributed by atoms with van der Waals surface area (Å²) < 4.78 is 5.37. The van der Waals surface area contributed by atoms with Gasteiger partial charge in [-0.05, 0) is 6.92 Å². The van der Waals surface area contributed by atoms with E-state index in [9.17, 15) is 0 Å². The van der Waals surface area contributed by atoms with Crippen molar-refractivity contribution in [3.05, 3.63) is 11.9 Å². The highest BCUT2D eigenvalue weighted by Crippen LogP contribution is 2.19. The van der Waals surface area contributed by atoms with Crippen LogP contribution in [0.1, 0.15) is 12.0 Å². The maximum atomic E-state index is 8.59. The molecular weight excluding hydrogens is 182 g/mol. The average Bonchev–Trinajstić information content (AvgIpc) is 2.21. The van der Waals surface area contributed by atoms with Gasteiger partial charge in [0.25, 0.3) is 0 Å². The maximum Gasteiger partial charge on any atom is 0.221 e. The normalized spacial score (nSPS) is 9.93. The minimum atomic E-state index is 0.128. The van der Waals surface area contributed by atoms with Crippen molar-refractivity contribution in [2.24, 2.45) is 0 Å². The Morgan fingerprint density at radius 2 is 2.29 bits per heavy atom. The molecule has 0 aliphatic carbocycles. The number of hydrogen-bond donors (Lipinski definition) is 2. The Morgan fingerprint density at radius 1 is 1.50 bits per heavy atom. The fourth-order valence-corrected chi connectivity index (χ4v) is 1.06. The van der Waals surface area contributed by atoms with Gasteiger partial charge in [0.1, 0.15) is 12.1 Å². The van der Waals surface area contributed by atoms with E-state index in [2.05, 4.69) is 15.3 Å². The molecular formula is C9H15N3O2. The quantitative estimate of drug-likeness (QED) is 0.676. The molecule has 5 nitrogen and oxygen atoms in total. The van der Waals surface area contributed by atoms with E-state index in [1.54, 1.807) is 7.05 Å². The van der Waals surface area contributed by atoms with Crippen LogP contribution in [0.2, 0.25) is 0 Å². The molecule has 0 spiro atoms. The fraction of sp³-hybridized carbons (Fsp3) is 0.556. The molecule has 0 radical (unpaired) electrons. The molecule has 5 heteroatoms. The van der Waals surface area contributed by atoms with Crippen molar-refractivity contribution in [3.8, 4) is 5.88 Å². The molecule has 0 aliphatic heterocycles. The molecule has 1 aromatic rings. The fourth-order valence-electron chi connectivity index (χ4n) is 1.06. The Balaban J connectivity index is 2.66. The highest BCUT2D eigenvalue weighted by Gasteiger charge is 2.05. The molecule has 14 heavy (non-hydrogen) atoms.